The lowest BCUT2D eigenvalue weighted by atomic mass is 10.3. The highest BCUT2D eigenvalue weighted by Crippen LogP contribution is 2.09. The van der Waals surface area contributed by atoms with Crippen molar-refractivity contribution >= 4 is 11.8 Å². The van der Waals surface area contributed by atoms with Crippen molar-refractivity contribution in [2.75, 3.05) is 19.3 Å². The van der Waals surface area contributed by atoms with Crippen LogP contribution < -0.4 is 0 Å². The third-order valence-electron chi connectivity index (χ3n) is 1.78. The lowest BCUT2D eigenvalue weighted by Gasteiger charge is -2.20. The molecular formula is C9H21NS. The molecule has 0 saturated carbocycles. The molecule has 0 atom stereocenters. The van der Waals surface area contributed by atoms with Gasteiger partial charge in [0, 0.05) is 18.3 Å². The van der Waals surface area contributed by atoms with Gasteiger partial charge in [0.15, 0.2) is 0 Å². The Morgan fingerprint density at radius 1 is 1.18 bits per heavy atom. The fraction of sp³-hybridized carbons (Fsp3) is 1.00. The van der Waals surface area contributed by atoms with E-state index in [9.17, 15) is 0 Å². The molecule has 0 spiro atoms. The molecule has 0 aliphatic rings. The predicted molar refractivity (Wildman–Crippen MR) is 55.4 cm³/mol. The van der Waals surface area contributed by atoms with Crippen LogP contribution in [0, 0.1) is 0 Å². The molecule has 0 aromatic carbocycles. The second kappa shape index (κ2) is 5.90. The van der Waals surface area contributed by atoms with E-state index in [0.717, 1.165) is 5.25 Å². The second-order valence-electron chi connectivity index (χ2n) is 3.49. The number of rotatable bonds is 5. The van der Waals surface area contributed by atoms with Crippen LogP contribution >= 0.6 is 11.8 Å². The van der Waals surface area contributed by atoms with Gasteiger partial charge in [-0.25, -0.2) is 0 Å². The molecule has 11 heavy (non-hydrogen) atoms. The van der Waals surface area contributed by atoms with Crippen molar-refractivity contribution in [3.63, 3.8) is 0 Å². The lowest BCUT2D eigenvalue weighted by molar-refractivity contribution is 0.291. The van der Waals surface area contributed by atoms with Gasteiger partial charge in [0.25, 0.3) is 0 Å². The van der Waals surface area contributed by atoms with Crippen LogP contribution in [0.1, 0.15) is 27.7 Å². The van der Waals surface area contributed by atoms with Crippen LogP contribution in [0.3, 0.4) is 0 Å². The molecule has 0 rings (SSSR count). The standard InChI is InChI=1S/C9H21NS/c1-8(2)10(5)6-7-11-9(3)4/h8-9H,6-7H2,1-5H3. The number of nitrogens with zero attached hydrogens (tertiary/aromatic N) is 1. The van der Waals surface area contributed by atoms with Crippen molar-refractivity contribution in [1.29, 1.82) is 0 Å². The molecule has 0 aromatic rings. The molecule has 0 heterocycles. The van der Waals surface area contributed by atoms with Crippen molar-refractivity contribution in [2.45, 2.75) is 39.0 Å². The van der Waals surface area contributed by atoms with Crippen molar-refractivity contribution in [3.05, 3.63) is 0 Å². The SMILES string of the molecule is CC(C)SCCN(C)C(C)C. The fourth-order valence-corrected chi connectivity index (χ4v) is 1.56. The minimum Gasteiger partial charge on any atom is -0.303 e. The van der Waals surface area contributed by atoms with Gasteiger partial charge in [0.2, 0.25) is 0 Å². The molecule has 2 heteroatoms. The van der Waals surface area contributed by atoms with E-state index in [1.165, 1.54) is 12.3 Å². The largest absolute Gasteiger partial charge is 0.303 e. The molecular weight excluding hydrogens is 154 g/mol. The van der Waals surface area contributed by atoms with Gasteiger partial charge in [-0.05, 0) is 26.1 Å². The summed E-state index contributed by atoms with van der Waals surface area (Å²) in [4.78, 5) is 2.38. The Labute approximate surface area is 75.5 Å². The first-order valence-electron chi connectivity index (χ1n) is 4.36. The first-order valence-corrected chi connectivity index (χ1v) is 5.40. The third kappa shape index (κ3) is 6.70. The molecule has 0 fully saturated rings. The summed E-state index contributed by atoms with van der Waals surface area (Å²) in [5.74, 6) is 1.26. The van der Waals surface area contributed by atoms with Gasteiger partial charge < -0.3 is 4.90 Å². The minimum atomic E-state index is 0.683. The first kappa shape index (κ1) is 11.3. The van der Waals surface area contributed by atoms with Gasteiger partial charge >= 0.3 is 0 Å². The normalized spacial score (nSPS) is 12.0. The highest BCUT2D eigenvalue weighted by atomic mass is 32.2. The van der Waals surface area contributed by atoms with E-state index >= 15 is 0 Å². The Bertz CT molecular complexity index is 91.6. The third-order valence-corrected chi connectivity index (χ3v) is 2.86. The second-order valence-corrected chi connectivity index (χ2v) is 5.18. The first-order chi connectivity index (χ1) is 5.04. The van der Waals surface area contributed by atoms with Crippen LogP contribution in [0.15, 0.2) is 0 Å². The fourth-order valence-electron chi connectivity index (χ4n) is 0.691. The smallest absolute Gasteiger partial charge is 0.00721 e. The average Bonchev–Trinajstić information content (AvgIpc) is 1.86. The Kier molecular flexibility index (Phi) is 6.06. The van der Waals surface area contributed by atoms with E-state index < -0.39 is 0 Å². The molecule has 0 bridgehead atoms. The minimum absolute atomic E-state index is 0.683. The van der Waals surface area contributed by atoms with Crippen molar-refractivity contribution in [3.8, 4) is 0 Å². The van der Waals surface area contributed by atoms with Gasteiger partial charge in [-0.1, -0.05) is 13.8 Å². The molecule has 0 radical (unpaired) electrons. The average molecular weight is 175 g/mol. The lowest BCUT2D eigenvalue weighted by Crippen LogP contribution is -2.28. The molecule has 0 amide bonds. The summed E-state index contributed by atoms with van der Waals surface area (Å²) >= 11 is 2.04. The Balaban J connectivity index is 3.24. The van der Waals surface area contributed by atoms with Crippen LogP contribution in [-0.4, -0.2) is 35.5 Å². The molecule has 0 aliphatic carbocycles. The highest BCUT2D eigenvalue weighted by Gasteiger charge is 2.02. The van der Waals surface area contributed by atoms with Crippen molar-refractivity contribution < 1.29 is 0 Å². The van der Waals surface area contributed by atoms with E-state index in [1.807, 2.05) is 11.8 Å². The molecule has 1 nitrogen and oxygen atoms in total. The Morgan fingerprint density at radius 2 is 1.73 bits per heavy atom. The molecule has 68 valence electrons. The van der Waals surface area contributed by atoms with Gasteiger partial charge in [-0.2, -0.15) is 11.8 Å². The highest BCUT2D eigenvalue weighted by molar-refractivity contribution is 7.99. The molecule has 0 aromatic heterocycles. The molecule has 0 unspecified atom stereocenters. The zero-order valence-corrected chi connectivity index (χ0v) is 9.24. The monoisotopic (exact) mass is 175 g/mol. The van der Waals surface area contributed by atoms with Crippen LogP contribution in [0.2, 0.25) is 0 Å². The molecule has 0 N–H and O–H groups in total. The van der Waals surface area contributed by atoms with E-state index in [2.05, 4.69) is 39.6 Å². The Morgan fingerprint density at radius 3 is 2.09 bits per heavy atom. The maximum atomic E-state index is 2.38. The van der Waals surface area contributed by atoms with Gasteiger partial charge in [-0.15, -0.1) is 0 Å². The zero-order chi connectivity index (χ0) is 8.85. The van der Waals surface area contributed by atoms with Gasteiger partial charge in [0.05, 0.1) is 0 Å². The predicted octanol–water partition coefficient (Wildman–Crippen LogP) is 2.47. The zero-order valence-electron chi connectivity index (χ0n) is 8.42. The summed E-state index contributed by atoms with van der Waals surface area (Å²) < 4.78 is 0. The van der Waals surface area contributed by atoms with Gasteiger partial charge in [-0.3, -0.25) is 0 Å². The van der Waals surface area contributed by atoms with Crippen LogP contribution in [-0.2, 0) is 0 Å². The van der Waals surface area contributed by atoms with Gasteiger partial charge in [0.1, 0.15) is 0 Å². The van der Waals surface area contributed by atoms with E-state index in [-0.39, 0.29) is 0 Å². The topological polar surface area (TPSA) is 3.24 Å². The summed E-state index contributed by atoms with van der Waals surface area (Å²) in [5.41, 5.74) is 0. The van der Waals surface area contributed by atoms with E-state index in [4.69, 9.17) is 0 Å². The van der Waals surface area contributed by atoms with Crippen LogP contribution in [0.5, 0.6) is 0 Å². The quantitative estimate of drug-likeness (QED) is 0.631. The maximum absolute atomic E-state index is 2.38. The van der Waals surface area contributed by atoms with Crippen molar-refractivity contribution in [2.24, 2.45) is 0 Å². The van der Waals surface area contributed by atoms with Crippen molar-refractivity contribution in [1.82, 2.24) is 4.90 Å². The number of hydrogen-bond donors (Lipinski definition) is 0. The van der Waals surface area contributed by atoms with E-state index in [1.54, 1.807) is 0 Å². The maximum Gasteiger partial charge on any atom is 0.00721 e. The summed E-state index contributed by atoms with van der Waals surface area (Å²) in [6, 6.07) is 0.683. The molecule has 0 saturated heterocycles. The van der Waals surface area contributed by atoms with Crippen LogP contribution in [0.25, 0.3) is 0 Å². The number of hydrogen-bond acceptors (Lipinski definition) is 2. The summed E-state index contributed by atoms with van der Waals surface area (Å²) in [5, 5.41) is 0.774. The summed E-state index contributed by atoms with van der Waals surface area (Å²) in [7, 11) is 2.19. The molecule has 0 aliphatic heterocycles. The summed E-state index contributed by atoms with van der Waals surface area (Å²) in [6.07, 6.45) is 0. The van der Waals surface area contributed by atoms with E-state index in [0.29, 0.717) is 6.04 Å². The number of thioether (sulfide) groups is 1. The summed E-state index contributed by atoms with van der Waals surface area (Å²) in [6.45, 7) is 10.2. The Hall–Kier alpha value is 0.310. The van der Waals surface area contributed by atoms with Crippen LogP contribution in [0.4, 0.5) is 0 Å².